The van der Waals surface area contributed by atoms with Gasteiger partial charge in [0.1, 0.15) is 0 Å². The third-order valence-electron chi connectivity index (χ3n) is 2.21. The predicted molar refractivity (Wildman–Crippen MR) is 57.1 cm³/mol. The van der Waals surface area contributed by atoms with Crippen LogP contribution in [-0.2, 0) is 6.54 Å². The molecule has 0 unspecified atom stereocenters. The second-order valence-corrected chi connectivity index (χ2v) is 4.32. The normalized spacial score (nSPS) is 14.3. The van der Waals surface area contributed by atoms with Crippen LogP contribution in [0.2, 0.25) is 5.02 Å². The zero-order valence-corrected chi connectivity index (χ0v) is 9.67. The van der Waals surface area contributed by atoms with Crippen molar-refractivity contribution in [2.45, 2.75) is 6.54 Å². The average Bonchev–Trinajstić information content (AvgIpc) is 2.51. The Labute approximate surface area is 98.6 Å². The van der Waals surface area contributed by atoms with E-state index >= 15 is 0 Å². The summed E-state index contributed by atoms with van der Waals surface area (Å²) in [6.45, 7) is 0.0463. The molecule has 0 aromatic heterocycles. The van der Waals surface area contributed by atoms with Crippen LogP contribution in [0, 0.1) is 0 Å². The molecule has 0 bridgehead atoms. The van der Waals surface area contributed by atoms with E-state index < -0.39 is 12.0 Å². The van der Waals surface area contributed by atoms with Gasteiger partial charge in [-0.15, -0.1) is 0 Å². The van der Waals surface area contributed by atoms with Crippen LogP contribution < -0.4 is 0 Å². The SMILES string of the molecule is O=C(O)N1Cc2c(Br)ccc(Cl)c2C1=O. The molecular weight excluding hydrogens is 285 g/mol. The van der Waals surface area contributed by atoms with Gasteiger partial charge in [-0.05, 0) is 12.1 Å². The van der Waals surface area contributed by atoms with Gasteiger partial charge in [-0.2, -0.15) is 0 Å². The van der Waals surface area contributed by atoms with Gasteiger partial charge >= 0.3 is 6.09 Å². The fourth-order valence-electron chi connectivity index (χ4n) is 1.50. The van der Waals surface area contributed by atoms with Crippen molar-refractivity contribution in [1.29, 1.82) is 0 Å². The number of carboxylic acid groups (broad SMARTS) is 1. The lowest BCUT2D eigenvalue weighted by Gasteiger charge is -2.06. The van der Waals surface area contributed by atoms with Gasteiger partial charge in [0, 0.05) is 10.0 Å². The lowest BCUT2D eigenvalue weighted by molar-refractivity contribution is 0.0764. The van der Waals surface area contributed by atoms with Crippen molar-refractivity contribution in [3.8, 4) is 0 Å². The van der Waals surface area contributed by atoms with E-state index in [0.717, 1.165) is 4.90 Å². The summed E-state index contributed by atoms with van der Waals surface area (Å²) < 4.78 is 0.694. The summed E-state index contributed by atoms with van der Waals surface area (Å²) in [5, 5.41) is 9.06. The van der Waals surface area contributed by atoms with Crippen LogP contribution in [0.3, 0.4) is 0 Å². The van der Waals surface area contributed by atoms with Gasteiger partial charge in [-0.3, -0.25) is 4.79 Å². The number of halogens is 2. The Morgan fingerprint density at radius 1 is 1.53 bits per heavy atom. The third-order valence-corrected chi connectivity index (χ3v) is 3.27. The molecule has 78 valence electrons. The summed E-state index contributed by atoms with van der Waals surface area (Å²) in [6, 6.07) is 3.26. The number of hydrogen-bond acceptors (Lipinski definition) is 2. The highest BCUT2D eigenvalue weighted by Gasteiger charge is 2.35. The van der Waals surface area contributed by atoms with E-state index in [9.17, 15) is 9.59 Å². The molecule has 0 fully saturated rings. The Hall–Kier alpha value is -1.07. The summed E-state index contributed by atoms with van der Waals surface area (Å²) in [5.74, 6) is -0.566. The van der Waals surface area contributed by atoms with Crippen LogP contribution >= 0.6 is 27.5 Å². The Balaban J connectivity index is 2.58. The first-order valence-electron chi connectivity index (χ1n) is 4.04. The van der Waals surface area contributed by atoms with Crippen molar-refractivity contribution in [1.82, 2.24) is 4.90 Å². The van der Waals surface area contributed by atoms with Crippen molar-refractivity contribution in [3.63, 3.8) is 0 Å². The van der Waals surface area contributed by atoms with E-state index in [1.54, 1.807) is 12.1 Å². The molecule has 0 saturated carbocycles. The minimum Gasteiger partial charge on any atom is -0.465 e. The van der Waals surface area contributed by atoms with Gasteiger partial charge in [0.2, 0.25) is 0 Å². The van der Waals surface area contributed by atoms with Crippen LogP contribution in [0.1, 0.15) is 15.9 Å². The molecule has 2 rings (SSSR count). The molecule has 1 heterocycles. The first-order valence-corrected chi connectivity index (χ1v) is 5.21. The molecule has 0 radical (unpaired) electrons. The van der Waals surface area contributed by atoms with E-state index in [1.165, 1.54) is 0 Å². The number of imide groups is 1. The predicted octanol–water partition coefficient (Wildman–Crippen LogP) is 2.74. The van der Waals surface area contributed by atoms with Crippen LogP contribution in [0.5, 0.6) is 0 Å². The first kappa shape index (κ1) is 10.4. The van der Waals surface area contributed by atoms with Gasteiger partial charge in [0.15, 0.2) is 0 Å². The van der Waals surface area contributed by atoms with Crippen molar-refractivity contribution >= 4 is 39.5 Å². The Kier molecular flexibility index (Phi) is 2.44. The highest BCUT2D eigenvalue weighted by molar-refractivity contribution is 9.10. The van der Waals surface area contributed by atoms with Gasteiger partial charge in [-0.25, -0.2) is 9.69 Å². The molecule has 0 atom stereocenters. The van der Waals surface area contributed by atoms with Gasteiger partial charge < -0.3 is 5.11 Å². The van der Waals surface area contributed by atoms with Crippen molar-refractivity contribution in [2.75, 3.05) is 0 Å². The number of fused-ring (bicyclic) bond motifs is 1. The molecule has 1 aliphatic rings. The zero-order valence-electron chi connectivity index (χ0n) is 7.33. The number of nitrogens with zero attached hydrogens (tertiary/aromatic N) is 1. The molecule has 0 spiro atoms. The standard InChI is InChI=1S/C9H5BrClNO3/c10-5-1-2-6(11)7-4(5)3-12(8(7)13)9(14)15/h1-2H,3H2,(H,14,15). The molecule has 1 N–H and O–H groups in total. The summed E-state index contributed by atoms with van der Waals surface area (Å²) in [6.07, 6.45) is -1.26. The fourth-order valence-corrected chi connectivity index (χ4v) is 2.21. The number of hydrogen-bond donors (Lipinski definition) is 1. The average molecular weight is 291 g/mol. The molecular formula is C9H5BrClNO3. The van der Waals surface area contributed by atoms with E-state index in [-0.39, 0.29) is 17.1 Å². The molecule has 1 aliphatic heterocycles. The van der Waals surface area contributed by atoms with Crippen molar-refractivity contribution < 1.29 is 14.7 Å². The minimum absolute atomic E-state index is 0.0463. The smallest absolute Gasteiger partial charge is 0.414 e. The molecule has 1 aromatic carbocycles. The maximum absolute atomic E-state index is 11.7. The number of carbonyl (C=O) groups excluding carboxylic acids is 1. The maximum atomic E-state index is 11.7. The molecule has 6 heteroatoms. The second kappa shape index (κ2) is 3.50. The Morgan fingerprint density at radius 3 is 2.73 bits per heavy atom. The molecule has 4 nitrogen and oxygen atoms in total. The highest BCUT2D eigenvalue weighted by Crippen LogP contribution is 2.34. The molecule has 1 aromatic rings. The maximum Gasteiger partial charge on any atom is 0.414 e. The van der Waals surface area contributed by atoms with Crippen molar-refractivity contribution in [2.24, 2.45) is 0 Å². The quantitative estimate of drug-likeness (QED) is 0.799. The van der Waals surface area contributed by atoms with E-state index in [4.69, 9.17) is 16.7 Å². The van der Waals surface area contributed by atoms with E-state index in [1.807, 2.05) is 0 Å². The molecule has 0 saturated heterocycles. The topological polar surface area (TPSA) is 57.6 Å². The Bertz CT molecular complexity index is 475. The van der Waals surface area contributed by atoms with E-state index in [0.29, 0.717) is 10.0 Å². The second-order valence-electron chi connectivity index (χ2n) is 3.06. The fraction of sp³-hybridized carbons (Fsp3) is 0.111. The summed E-state index contributed by atoms with van der Waals surface area (Å²) >= 11 is 9.10. The number of amides is 2. The van der Waals surface area contributed by atoms with Gasteiger partial charge in [0.25, 0.3) is 5.91 Å². The number of benzene rings is 1. The first-order chi connectivity index (χ1) is 7.02. The van der Waals surface area contributed by atoms with Crippen molar-refractivity contribution in [3.05, 3.63) is 32.8 Å². The van der Waals surface area contributed by atoms with Gasteiger partial charge in [0.05, 0.1) is 17.1 Å². The largest absolute Gasteiger partial charge is 0.465 e. The van der Waals surface area contributed by atoms with Gasteiger partial charge in [-0.1, -0.05) is 27.5 Å². The molecule has 0 aliphatic carbocycles. The third kappa shape index (κ3) is 1.52. The summed E-state index contributed by atoms with van der Waals surface area (Å²) in [5.41, 5.74) is 0.892. The zero-order chi connectivity index (χ0) is 11.2. The lowest BCUT2D eigenvalue weighted by Crippen LogP contribution is -2.29. The molecule has 15 heavy (non-hydrogen) atoms. The van der Waals surface area contributed by atoms with Crippen LogP contribution in [0.4, 0.5) is 4.79 Å². The summed E-state index contributed by atoms with van der Waals surface area (Å²) in [7, 11) is 0. The highest BCUT2D eigenvalue weighted by atomic mass is 79.9. The lowest BCUT2D eigenvalue weighted by atomic mass is 10.1. The Morgan fingerprint density at radius 2 is 2.20 bits per heavy atom. The minimum atomic E-state index is -1.26. The monoisotopic (exact) mass is 289 g/mol. The van der Waals surface area contributed by atoms with Crippen LogP contribution in [-0.4, -0.2) is 22.0 Å². The van der Waals surface area contributed by atoms with Crippen LogP contribution in [0.15, 0.2) is 16.6 Å². The van der Waals surface area contributed by atoms with Crippen LogP contribution in [0.25, 0.3) is 0 Å². The number of rotatable bonds is 0. The number of carbonyl (C=O) groups is 2. The summed E-state index contributed by atoms with van der Waals surface area (Å²) in [4.78, 5) is 23.1. The van der Waals surface area contributed by atoms with E-state index in [2.05, 4.69) is 15.9 Å². The molecule has 2 amide bonds.